The van der Waals surface area contributed by atoms with Crippen LogP contribution in [0.15, 0.2) is 18.2 Å². The van der Waals surface area contributed by atoms with E-state index in [2.05, 4.69) is 5.32 Å². The monoisotopic (exact) mass is 261 g/mol. The van der Waals surface area contributed by atoms with Crippen LogP contribution in [-0.2, 0) is 16.0 Å². The average Bonchev–Trinajstić information content (AvgIpc) is 2.51. The van der Waals surface area contributed by atoms with E-state index in [1.807, 2.05) is 26.0 Å². The molecule has 1 aromatic carbocycles. The van der Waals surface area contributed by atoms with E-state index >= 15 is 0 Å². The van der Waals surface area contributed by atoms with E-state index in [0.29, 0.717) is 12.1 Å². The van der Waals surface area contributed by atoms with Gasteiger partial charge in [0.15, 0.2) is 0 Å². The van der Waals surface area contributed by atoms with Gasteiger partial charge in [-0.1, -0.05) is 0 Å². The number of likely N-dealkylation sites (N-methyl/N-ethyl adjacent to an activating group) is 1. The molecular formula is C14H19N3O2. The number of nitrogens with one attached hydrogen (secondary N) is 1. The van der Waals surface area contributed by atoms with Gasteiger partial charge in [0.1, 0.15) is 0 Å². The van der Waals surface area contributed by atoms with Gasteiger partial charge in [0.25, 0.3) is 0 Å². The van der Waals surface area contributed by atoms with Crippen LogP contribution in [0.4, 0.5) is 11.4 Å². The summed E-state index contributed by atoms with van der Waals surface area (Å²) in [6, 6.07) is 5.50. The highest BCUT2D eigenvalue weighted by molar-refractivity contribution is 6.02. The minimum atomic E-state index is -0.531. The van der Waals surface area contributed by atoms with E-state index in [1.54, 1.807) is 18.0 Å². The maximum Gasteiger partial charge on any atom is 0.231 e. The molecule has 0 saturated carbocycles. The number of nitrogens with zero attached hydrogens (tertiary/aromatic N) is 1. The summed E-state index contributed by atoms with van der Waals surface area (Å²) in [5.41, 5.74) is 7.83. The average molecular weight is 261 g/mol. The molecule has 5 nitrogen and oxygen atoms in total. The molecule has 2 rings (SSSR count). The lowest BCUT2D eigenvalue weighted by molar-refractivity contribution is -0.117. The summed E-state index contributed by atoms with van der Waals surface area (Å²) in [4.78, 5) is 25.0. The van der Waals surface area contributed by atoms with Crippen molar-refractivity contribution in [3.63, 3.8) is 0 Å². The highest BCUT2D eigenvalue weighted by atomic mass is 16.2. The molecule has 1 aliphatic rings. The van der Waals surface area contributed by atoms with Crippen LogP contribution in [0.2, 0.25) is 0 Å². The number of anilines is 2. The molecule has 5 heteroatoms. The van der Waals surface area contributed by atoms with Crippen LogP contribution in [0, 0.1) is 0 Å². The van der Waals surface area contributed by atoms with Crippen LogP contribution in [0.3, 0.4) is 0 Å². The van der Waals surface area contributed by atoms with Crippen molar-refractivity contribution >= 4 is 23.2 Å². The molecule has 3 N–H and O–H groups in total. The van der Waals surface area contributed by atoms with Gasteiger partial charge < -0.3 is 16.0 Å². The number of amides is 2. The fraction of sp³-hybridized carbons (Fsp3) is 0.429. The molecule has 1 aromatic rings. The predicted octanol–water partition coefficient (Wildman–Crippen LogP) is 1.27. The van der Waals surface area contributed by atoms with Crippen LogP contribution in [0.5, 0.6) is 0 Å². The number of carbonyl (C=O) groups is 2. The molecule has 0 radical (unpaired) electrons. The normalized spacial score (nSPS) is 14.5. The second kappa shape index (κ2) is 4.66. The number of rotatable bonds is 3. The molecule has 19 heavy (non-hydrogen) atoms. The molecule has 102 valence electrons. The Balaban J connectivity index is 2.10. The Morgan fingerprint density at radius 3 is 2.79 bits per heavy atom. The molecule has 1 aliphatic heterocycles. The summed E-state index contributed by atoms with van der Waals surface area (Å²) in [5, 5.41) is 2.81. The number of benzene rings is 1. The third kappa shape index (κ3) is 3.12. The summed E-state index contributed by atoms with van der Waals surface area (Å²) in [6.45, 7) is 3.62. The lowest BCUT2D eigenvalue weighted by Gasteiger charge is -2.17. The van der Waals surface area contributed by atoms with Crippen molar-refractivity contribution in [2.45, 2.75) is 32.2 Å². The highest BCUT2D eigenvalue weighted by Gasteiger charge is 2.24. The highest BCUT2D eigenvalue weighted by Crippen LogP contribution is 2.30. The molecule has 0 atom stereocenters. The summed E-state index contributed by atoms with van der Waals surface area (Å²) in [5.74, 6) is -0.0494. The second-order valence-electron chi connectivity index (χ2n) is 5.69. The standard InChI is InChI=1S/C14H19N3O2/c1-14(2,15)8-12(18)16-10-4-5-11-9(6-10)7-13(19)17(11)3/h4-6H,7-8,15H2,1-3H3,(H,16,18). The lowest BCUT2D eigenvalue weighted by Crippen LogP contribution is -2.36. The van der Waals surface area contributed by atoms with E-state index in [9.17, 15) is 9.59 Å². The molecular weight excluding hydrogens is 242 g/mol. The Hall–Kier alpha value is -1.88. The van der Waals surface area contributed by atoms with Crippen molar-refractivity contribution < 1.29 is 9.59 Å². The Bertz CT molecular complexity index is 532. The lowest BCUT2D eigenvalue weighted by atomic mass is 10.0. The van der Waals surface area contributed by atoms with Gasteiger partial charge in [0.2, 0.25) is 11.8 Å². The van der Waals surface area contributed by atoms with E-state index in [0.717, 1.165) is 11.3 Å². The van der Waals surface area contributed by atoms with Gasteiger partial charge in [-0.05, 0) is 37.6 Å². The smallest absolute Gasteiger partial charge is 0.231 e. The zero-order valence-electron chi connectivity index (χ0n) is 11.5. The topological polar surface area (TPSA) is 75.4 Å². The van der Waals surface area contributed by atoms with E-state index in [1.165, 1.54) is 0 Å². The fourth-order valence-corrected chi connectivity index (χ4v) is 2.17. The zero-order chi connectivity index (χ0) is 14.2. The fourth-order valence-electron chi connectivity index (χ4n) is 2.17. The number of nitrogens with two attached hydrogens (primary N) is 1. The third-order valence-corrected chi connectivity index (χ3v) is 3.06. The van der Waals surface area contributed by atoms with Crippen LogP contribution < -0.4 is 16.0 Å². The van der Waals surface area contributed by atoms with Crippen LogP contribution in [-0.4, -0.2) is 24.4 Å². The molecule has 2 amide bonds. The largest absolute Gasteiger partial charge is 0.326 e. The minimum Gasteiger partial charge on any atom is -0.326 e. The first-order valence-electron chi connectivity index (χ1n) is 6.24. The Labute approximate surface area is 112 Å². The maximum atomic E-state index is 11.8. The van der Waals surface area contributed by atoms with Crippen molar-refractivity contribution in [2.75, 3.05) is 17.3 Å². The summed E-state index contributed by atoms with van der Waals surface area (Å²) in [7, 11) is 1.75. The molecule has 0 aliphatic carbocycles. The summed E-state index contributed by atoms with van der Waals surface area (Å²) >= 11 is 0. The molecule has 0 unspecified atom stereocenters. The van der Waals surface area contributed by atoms with E-state index in [-0.39, 0.29) is 18.2 Å². The first-order valence-corrected chi connectivity index (χ1v) is 6.24. The molecule has 1 heterocycles. The first kappa shape index (κ1) is 13.5. The van der Waals surface area contributed by atoms with Gasteiger partial charge in [-0.2, -0.15) is 0 Å². The minimum absolute atomic E-state index is 0.0709. The van der Waals surface area contributed by atoms with Gasteiger partial charge in [0, 0.05) is 30.4 Å². The number of carbonyl (C=O) groups excluding carboxylic acids is 2. The molecule has 0 fully saturated rings. The van der Waals surface area contributed by atoms with E-state index in [4.69, 9.17) is 5.73 Å². The summed E-state index contributed by atoms with van der Waals surface area (Å²) in [6.07, 6.45) is 0.640. The van der Waals surface area contributed by atoms with Gasteiger partial charge in [-0.3, -0.25) is 9.59 Å². The molecule has 0 aromatic heterocycles. The van der Waals surface area contributed by atoms with Crippen molar-refractivity contribution in [1.29, 1.82) is 0 Å². The number of fused-ring (bicyclic) bond motifs is 1. The molecule has 0 bridgehead atoms. The Morgan fingerprint density at radius 1 is 1.47 bits per heavy atom. The maximum absolute atomic E-state index is 11.8. The number of hydrogen-bond donors (Lipinski definition) is 2. The summed E-state index contributed by atoms with van der Waals surface area (Å²) < 4.78 is 0. The van der Waals surface area contributed by atoms with Crippen molar-refractivity contribution in [3.8, 4) is 0 Å². The van der Waals surface area contributed by atoms with Crippen LogP contribution in [0.25, 0.3) is 0 Å². The SMILES string of the molecule is CN1C(=O)Cc2cc(NC(=O)CC(C)(C)N)ccc21. The molecule has 0 spiro atoms. The predicted molar refractivity (Wildman–Crippen MR) is 75.1 cm³/mol. The van der Waals surface area contributed by atoms with Gasteiger partial charge in [-0.15, -0.1) is 0 Å². The van der Waals surface area contributed by atoms with Gasteiger partial charge in [-0.25, -0.2) is 0 Å². The Morgan fingerprint density at radius 2 is 2.16 bits per heavy atom. The van der Waals surface area contributed by atoms with Crippen molar-refractivity contribution in [2.24, 2.45) is 5.73 Å². The first-order chi connectivity index (χ1) is 8.76. The van der Waals surface area contributed by atoms with E-state index < -0.39 is 5.54 Å². The van der Waals surface area contributed by atoms with Crippen molar-refractivity contribution in [3.05, 3.63) is 23.8 Å². The zero-order valence-corrected chi connectivity index (χ0v) is 11.5. The van der Waals surface area contributed by atoms with Gasteiger partial charge >= 0.3 is 0 Å². The van der Waals surface area contributed by atoms with Crippen LogP contribution >= 0.6 is 0 Å². The second-order valence-corrected chi connectivity index (χ2v) is 5.69. The Kier molecular flexibility index (Phi) is 3.32. The molecule has 0 saturated heterocycles. The van der Waals surface area contributed by atoms with Gasteiger partial charge in [0.05, 0.1) is 6.42 Å². The third-order valence-electron chi connectivity index (χ3n) is 3.06. The quantitative estimate of drug-likeness (QED) is 0.860. The number of hydrogen-bond acceptors (Lipinski definition) is 3. The van der Waals surface area contributed by atoms with Crippen LogP contribution in [0.1, 0.15) is 25.8 Å². The van der Waals surface area contributed by atoms with Crippen molar-refractivity contribution in [1.82, 2.24) is 0 Å².